The van der Waals surface area contributed by atoms with E-state index in [2.05, 4.69) is 39.0 Å². The highest BCUT2D eigenvalue weighted by molar-refractivity contribution is 5.88. The predicted octanol–water partition coefficient (Wildman–Crippen LogP) is 6.37. The molecule has 0 amide bonds. The van der Waals surface area contributed by atoms with Crippen molar-refractivity contribution in [2.75, 3.05) is 0 Å². The van der Waals surface area contributed by atoms with Crippen molar-refractivity contribution in [3.63, 3.8) is 0 Å². The second-order valence-electron chi connectivity index (χ2n) is 7.05. The first kappa shape index (κ1) is 19.2. The third-order valence-corrected chi connectivity index (χ3v) is 4.95. The van der Waals surface area contributed by atoms with Crippen molar-refractivity contribution >= 4 is 5.97 Å². The monoisotopic (exact) mass is 338 g/mol. The third-order valence-electron chi connectivity index (χ3n) is 4.95. The highest BCUT2D eigenvalue weighted by Crippen LogP contribution is 2.28. The largest absolute Gasteiger partial charge is 0.478 e. The summed E-state index contributed by atoms with van der Waals surface area (Å²) in [6.07, 6.45) is 7.13. The number of unbranched alkanes of at least 4 members (excludes halogenated alkanes) is 2. The molecule has 2 aromatic carbocycles. The van der Waals surface area contributed by atoms with Gasteiger partial charge in [-0.2, -0.15) is 0 Å². The molecule has 0 aliphatic carbocycles. The van der Waals surface area contributed by atoms with Gasteiger partial charge in [0.2, 0.25) is 0 Å². The Labute approximate surface area is 151 Å². The first-order valence-corrected chi connectivity index (χ1v) is 9.50. The van der Waals surface area contributed by atoms with Crippen LogP contribution >= 0.6 is 0 Å². The lowest BCUT2D eigenvalue weighted by molar-refractivity contribution is 0.0697. The van der Waals surface area contributed by atoms with Crippen LogP contribution in [0.15, 0.2) is 42.5 Å². The van der Waals surface area contributed by atoms with E-state index >= 15 is 0 Å². The molecule has 0 radical (unpaired) electrons. The number of benzene rings is 2. The number of carboxylic acids is 1. The van der Waals surface area contributed by atoms with E-state index in [0.29, 0.717) is 11.5 Å². The Balaban J connectivity index is 2.32. The number of aromatic carboxylic acids is 1. The molecule has 0 saturated carbocycles. The van der Waals surface area contributed by atoms with Crippen molar-refractivity contribution in [1.82, 2.24) is 0 Å². The Hall–Kier alpha value is -2.09. The van der Waals surface area contributed by atoms with E-state index in [9.17, 15) is 4.79 Å². The quantitative estimate of drug-likeness (QED) is 0.539. The van der Waals surface area contributed by atoms with Crippen LogP contribution in [0, 0.1) is 5.92 Å². The Morgan fingerprint density at radius 1 is 1.04 bits per heavy atom. The average Bonchev–Trinajstić information content (AvgIpc) is 2.62. The SMILES string of the molecule is CCCCCc1ccc(-c2ccc(C(=O)O)cc2)c(CC(C)CC)c1. The van der Waals surface area contributed by atoms with Gasteiger partial charge in [0.25, 0.3) is 0 Å². The standard InChI is InChI=1S/C23H30O2/c1-4-6-7-8-18-9-14-22(21(16-18)15-17(3)5-2)19-10-12-20(13-11-19)23(24)25/h9-14,16-17H,4-8,15H2,1-3H3,(H,24,25). The van der Waals surface area contributed by atoms with Gasteiger partial charge in [-0.15, -0.1) is 0 Å². The van der Waals surface area contributed by atoms with Crippen LogP contribution in [0.1, 0.15) is 67.9 Å². The molecular weight excluding hydrogens is 308 g/mol. The third kappa shape index (κ3) is 5.45. The zero-order valence-corrected chi connectivity index (χ0v) is 15.7. The summed E-state index contributed by atoms with van der Waals surface area (Å²) in [7, 11) is 0. The molecule has 0 aromatic heterocycles. The fourth-order valence-electron chi connectivity index (χ4n) is 3.14. The maximum Gasteiger partial charge on any atom is 0.335 e. The Bertz CT molecular complexity index is 686. The number of hydrogen-bond donors (Lipinski definition) is 1. The highest BCUT2D eigenvalue weighted by atomic mass is 16.4. The molecule has 0 heterocycles. The van der Waals surface area contributed by atoms with E-state index in [1.807, 2.05) is 12.1 Å². The van der Waals surface area contributed by atoms with Gasteiger partial charge in [0.05, 0.1) is 5.56 Å². The van der Waals surface area contributed by atoms with Gasteiger partial charge in [-0.05, 0) is 59.6 Å². The summed E-state index contributed by atoms with van der Waals surface area (Å²) >= 11 is 0. The Morgan fingerprint density at radius 2 is 1.76 bits per heavy atom. The zero-order chi connectivity index (χ0) is 18.2. The first-order chi connectivity index (χ1) is 12.0. The normalized spacial score (nSPS) is 12.1. The van der Waals surface area contributed by atoms with Crippen LogP contribution < -0.4 is 0 Å². The molecule has 2 aromatic rings. The van der Waals surface area contributed by atoms with Crippen molar-refractivity contribution < 1.29 is 9.90 Å². The van der Waals surface area contributed by atoms with E-state index < -0.39 is 5.97 Å². The Morgan fingerprint density at radius 3 is 2.36 bits per heavy atom. The van der Waals surface area contributed by atoms with Gasteiger partial charge < -0.3 is 5.11 Å². The maximum absolute atomic E-state index is 11.1. The van der Waals surface area contributed by atoms with Crippen LogP contribution in [0.25, 0.3) is 11.1 Å². The lowest BCUT2D eigenvalue weighted by atomic mass is 9.89. The summed E-state index contributed by atoms with van der Waals surface area (Å²) in [5, 5.41) is 9.09. The molecule has 1 atom stereocenters. The number of rotatable bonds is 9. The highest BCUT2D eigenvalue weighted by Gasteiger charge is 2.11. The fraction of sp³-hybridized carbons (Fsp3) is 0.435. The van der Waals surface area contributed by atoms with Crippen molar-refractivity contribution in [2.45, 2.75) is 59.3 Å². The fourth-order valence-corrected chi connectivity index (χ4v) is 3.14. The van der Waals surface area contributed by atoms with Gasteiger partial charge in [-0.1, -0.05) is 70.4 Å². The zero-order valence-electron chi connectivity index (χ0n) is 15.7. The summed E-state index contributed by atoms with van der Waals surface area (Å²) in [6, 6.07) is 14.1. The Kier molecular flexibility index (Phi) is 7.24. The van der Waals surface area contributed by atoms with Gasteiger partial charge in [0.1, 0.15) is 0 Å². The van der Waals surface area contributed by atoms with Gasteiger partial charge in [-0.25, -0.2) is 4.79 Å². The molecule has 25 heavy (non-hydrogen) atoms. The van der Waals surface area contributed by atoms with Crippen LogP contribution in [-0.2, 0) is 12.8 Å². The summed E-state index contributed by atoms with van der Waals surface area (Å²) < 4.78 is 0. The van der Waals surface area contributed by atoms with Crippen LogP contribution in [0.4, 0.5) is 0 Å². The molecule has 2 nitrogen and oxygen atoms in total. The number of carboxylic acid groups (broad SMARTS) is 1. The van der Waals surface area contributed by atoms with Crippen molar-refractivity contribution in [2.24, 2.45) is 5.92 Å². The maximum atomic E-state index is 11.1. The number of hydrogen-bond acceptors (Lipinski definition) is 1. The summed E-state index contributed by atoms with van der Waals surface area (Å²) in [6.45, 7) is 6.76. The molecule has 0 fully saturated rings. The molecular formula is C23H30O2. The minimum absolute atomic E-state index is 0.336. The molecule has 2 heteroatoms. The van der Waals surface area contributed by atoms with Crippen molar-refractivity contribution in [3.05, 3.63) is 59.2 Å². The molecule has 134 valence electrons. The summed E-state index contributed by atoms with van der Waals surface area (Å²) in [5.41, 5.74) is 5.47. The van der Waals surface area contributed by atoms with Crippen LogP contribution in [0.3, 0.4) is 0 Å². The van der Waals surface area contributed by atoms with E-state index in [-0.39, 0.29) is 0 Å². The molecule has 0 bridgehead atoms. The van der Waals surface area contributed by atoms with Crippen LogP contribution in [0.2, 0.25) is 0 Å². The number of carbonyl (C=O) groups is 1. The molecule has 0 aliphatic heterocycles. The van der Waals surface area contributed by atoms with E-state index in [4.69, 9.17) is 5.11 Å². The predicted molar refractivity (Wildman–Crippen MR) is 105 cm³/mol. The van der Waals surface area contributed by atoms with Crippen LogP contribution in [0.5, 0.6) is 0 Å². The first-order valence-electron chi connectivity index (χ1n) is 9.50. The summed E-state index contributed by atoms with van der Waals surface area (Å²) in [5.74, 6) is -0.236. The minimum Gasteiger partial charge on any atom is -0.478 e. The second-order valence-corrected chi connectivity index (χ2v) is 7.05. The lowest BCUT2D eigenvalue weighted by Crippen LogP contribution is -2.02. The van der Waals surface area contributed by atoms with Crippen molar-refractivity contribution in [1.29, 1.82) is 0 Å². The minimum atomic E-state index is -0.877. The van der Waals surface area contributed by atoms with Gasteiger partial charge in [-0.3, -0.25) is 0 Å². The number of aryl methyl sites for hydroxylation is 1. The molecule has 2 rings (SSSR count). The van der Waals surface area contributed by atoms with E-state index in [1.54, 1.807) is 12.1 Å². The van der Waals surface area contributed by atoms with Gasteiger partial charge >= 0.3 is 5.97 Å². The molecule has 0 spiro atoms. The summed E-state index contributed by atoms with van der Waals surface area (Å²) in [4.78, 5) is 11.1. The average molecular weight is 338 g/mol. The molecule has 0 saturated heterocycles. The van der Waals surface area contributed by atoms with E-state index in [0.717, 1.165) is 24.8 Å². The van der Waals surface area contributed by atoms with Crippen molar-refractivity contribution in [3.8, 4) is 11.1 Å². The molecule has 0 aliphatic rings. The molecule has 1 unspecified atom stereocenters. The topological polar surface area (TPSA) is 37.3 Å². The lowest BCUT2D eigenvalue weighted by Gasteiger charge is -2.16. The molecule has 1 N–H and O–H groups in total. The van der Waals surface area contributed by atoms with Crippen LogP contribution in [-0.4, -0.2) is 11.1 Å². The second kappa shape index (κ2) is 9.41. The van der Waals surface area contributed by atoms with Gasteiger partial charge in [0.15, 0.2) is 0 Å². The van der Waals surface area contributed by atoms with E-state index in [1.165, 1.54) is 36.0 Å². The smallest absolute Gasteiger partial charge is 0.335 e. The van der Waals surface area contributed by atoms with Gasteiger partial charge in [0, 0.05) is 0 Å².